The zero-order chi connectivity index (χ0) is 25.0. The molecular weight excluding hydrogens is 434 g/mol. The number of hydrogen-bond donors (Lipinski definition) is 2. The summed E-state index contributed by atoms with van der Waals surface area (Å²) in [6.07, 6.45) is 2.64. The van der Waals surface area contributed by atoms with Gasteiger partial charge in [-0.1, -0.05) is 64.6 Å². The Hall–Kier alpha value is -3.99. The molecule has 0 bridgehead atoms. The molecule has 0 amide bonds. The molecule has 0 aliphatic carbocycles. The highest BCUT2D eigenvalue weighted by molar-refractivity contribution is 5.98. The van der Waals surface area contributed by atoms with Crippen LogP contribution in [0, 0.1) is 0 Å². The van der Waals surface area contributed by atoms with Gasteiger partial charge in [0.15, 0.2) is 0 Å². The molecule has 5 heteroatoms. The summed E-state index contributed by atoms with van der Waals surface area (Å²) in [6.45, 7) is 12.9. The Morgan fingerprint density at radius 1 is 0.886 bits per heavy atom. The van der Waals surface area contributed by atoms with E-state index in [0.29, 0.717) is 5.82 Å². The summed E-state index contributed by atoms with van der Waals surface area (Å²) in [5, 5.41) is 8.85. The average molecular weight is 468 g/mol. The highest BCUT2D eigenvalue weighted by Crippen LogP contribution is 2.36. The first kappa shape index (κ1) is 24.1. The van der Waals surface area contributed by atoms with Crippen LogP contribution < -0.4 is 20.1 Å². The molecule has 0 aliphatic heterocycles. The lowest BCUT2D eigenvalue weighted by molar-refractivity contribution is 0.416. The van der Waals surface area contributed by atoms with Crippen molar-refractivity contribution in [1.82, 2.24) is 4.98 Å². The van der Waals surface area contributed by atoms with E-state index in [1.165, 1.54) is 5.56 Å². The van der Waals surface area contributed by atoms with Crippen molar-refractivity contribution in [3.05, 3.63) is 96.6 Å². The van der Waals surface area contributed by atoms with Gasteiger partial charge in [-0.15, -0.1) is 0 Å². The van der Waals surface area contributed by atoms with Gasteiger partial charge in [0.25, 0.3) is 0 Å². The molecule has 0 saturated carbocycles. The van der Waals surface area contributed by atoms with Crippen LogP contribution in [-0.4, -0.2) is 12.1 Å². The van der Waals surface area contributed by atoms with Crippen molar-refractivity contribution in [2.75, 3.05) is 17.7 Å². The summed E-state index contributed by atoms with van der Waals surface area (Å²) >= 11 is 0. The monoisotopic (exact) mass is 467 g/mol. The predicted molar refractivity (Wildman–Crippen MR) is 146 cm³/mol. The van der Waals surface area contributed by atoms with Gasteiger partial charge in [0.2, 0.25) is 0 Å². The Kier molecular flexibility index (Phi) is 6.97. The molecule has 3 aromatic carbocycles. The number of nitrogens with one attached hydrogen (secondary N) is 2. The molecule has 0 fully saturated rings. The Bertz CT molecular complexity index is 1360. The maximum atomic E-state index is 6.24. The highest BCUT2D eigenvalue weighted by atomic mass is 16.5. The molecule has 2 N–H and O–H groups in total. The van der Waals surface area contributed by atoms with Crippen molar-refractivity contribution < 1.29 is 9.47 Å². The van der Waals surface area contributed by atoms with E-state index in [4.69, 9.17) is 9.47 Å². The van der Waals surface area contributed by atoms with Gasteiger partial charge in [0.05, 0.1) is 12.8 Å². The van der Waals surface area contributed by atoms with E-state index >= 15 is 0 Å². The number of hydrogen-bond acceptors (Lipinski definition) is 5. The van der Waals surface area contributed by atoms with Gasteiger partial charge in [-0.25, -0.2) is 0 Å². The van der Waals surface area contributed by atoms with E-state index in [0.717, 1.165) is 51.5 Å². The van der Waals surface area contributed by atoms with Crippen molar-refractivity contribution in [3.63, 3.8) is 0 Å². The van der Waals surface area contributed by atoms with Crippen LogP contribution in [0.15, 0.2) is 85.3 Å². The summed E-state index contributed by atoms with van der Waals surface area (Å²) in [5.41, 5.74) is 4.03. The fourth-order valence-corrected chi connectivity index (χ4v) is 3.94. The van der Waals surface area contributed by atoms with E-state index in [2.05, 4.69) is 74.2 Å². The second kappa shape index (κ2) is 10.1. The average Bonchev–Trinajstić information content (AvgIpc) is 2.85. The normalized spacial score (nSPS) is 11.2. The molecule has 180 valence electrons. The summed E-state index contributed by atoms with van der Waals surface area (Å²) < 4.78 is 11.8. The maximum absolute atomic E-state index is 6.24. The van der Waals surface area contributed by atoms with Crippen molar-refractivity contribution in [3.8, 4) is 17.2 Å². The molecular formula is C30H33N3O2. The molecule has 5 nitrogen and oxygen atoms in total. The number of anilines is 2. The smallest absolute Gasteiger partial charge is 0.142 e. The van der Waals surface area contributed by atoms with E-state index in [-0.39, 0.29) is 5.41 Å². The number of rotatable bonds is 8. The maximum Gasteiger partial charge on any atom is 0.142 e. The second-order valence-corrected chi connectivity index (χ2v) is 9.49. The Balaban J connectivity index is 1.60. The van der Waals surface area contributed by atoms with E-state index in [9.17, 15) is 0 Å². The van der Waals surface area contributed by atoms with Gasteiger partial charge in [0.1, 0.15) is 23.1 Å². The van der Waals surface area contributed by atoms with Gasteiger partial charge in [-0.05, 0) is 47.7 Å². The number of aryl methyl sites for hydroxylation is 1. The molecule has 0 unspecified atom stereocenters. The second-order valence-electron chi connectivity index (χ2n) is 9.49. The van der Waals surface area contributed by atoms with Crippen molar-refractivity contribution in [2.24, 2.45) is 0 Å². The standard InChI is InChI=1S/C30H33N3O2/c1-7-22-19-23(16-17-31-22)35-28-15-13-26(24-10-8-9-11-25(24)28)32-20(2)33-27-18-21(30(3,4)5)12-14-29(27)34-6/h8-19,32-33H,2,7H2,1,3-6H3. The minimum absolute atomic E-state index is 0.0240. The SMILES string of the molecule is C=C(Nc1cc(C(C)(C)C)ccc1OC)Nc1ccc(Oc2ccnc(CC)c2)c2ccccc12. The third-order valence-electron chi connectivity index (χ3n) is 5.90. The predicted octanol–water partition coefficient (Wildman–Crippen LogP) is 7.89. The largest absolute Gasteiger partial charge is 0.495 e. The molecule has 0 aliphatic rings. The van der Waals surface area contributed by atoms with Crippen LogP contribution in [0.3, 0.4) is 0 Å². The van der Waals surface area contributed by atoms with Gasteiger partial charge >= 0.3 is 0 Å². The lowest BCUT2D eigenvalue weighted by Crippen LogP contribution is -2.13. The molecule has 1 aromatic heterocycles. The van der Waals surface area contributed by atoms with Crippen LogP contribution >= 0.6 is 0 Å². The van der Waals surface area contributed by atoms with Crippen molar-refractivity contribution >= 4 is 22.1 Å². The summed E-state index contributed by atoms with van der Waals surface area (Å²) in [6, 6.07) is 22.2. The molecule has 0 saturated heterocycles. The lowest BCUT2D eigenvalue weighted by atomic mass is 9.87. The summed E-state index contributed by atoms with van der Waals surface area (Å²) in [7, 11) is 1.67. The van der Waals surface area contributed by atoms with E-state index in [1.807, 2.05) is 42.5 Å². The van der Waals surface area contributed by atoms with E-state index < -0.39 is 0 Å². The van der Waals surface area contributed by atoms with Gasteiger partial charge in [-0.2, -0.15) is 0 Å². The highest BCUT2D eigenvalue weighted by Gasteiger charge is 2.16. The number of ether oxygens (including phenoxy) is 2. The van der Waals surface area contributed by atoms with Crippen molar-refractivity contribution in [2.45, 2.75) is 39.5 Å². The minimum Gasteiger partial charge on any atom is -0.495 e. The molecule has 35 heavy (non-hydrogen) atoms. The lowest BCUT2D eigenvalue weighted by Gasteiger charge is -2.22. The Morgan fingerprint density at radius 3 is 2.31 bits per heavy atom. The number of benzene rings is 3. The summed E-state index contributed by atoms with van der Waals surface area (Å²) in [5.74, 6) is 2.98. The Labute approximate surface area is 207 Å². The quantitative estimate of drug-likeness (QED) is 0.276. The Morgan fingerprint density at radius 2 is 1.60 bits per heavy atom. The summed E-state index contributed by atoms with van der Waals surface area (Å²) in [4.78, 5) is 4.36. The zero-order valence-electron chi connectivity index (χ0n) is 21.1. The molecule has 0 atom stereocenters. The van der Waals surface area contributed by atoms with Crippen LogP contribution in [0.2, 0.25) is 0 Å². The number of pyridine rings is 1. The fraction of sp³-hybridized carbons (Fsp3) is 0.233. The number of nitrogens with zero attached hydrogens (tertiary/aromatic N) is 1. The van der Waals surface area contributed by atoms with Gasteiger partial charge in [0, 0.05) is 34.4 Å². The third-order valence-corrected chi connectivity index (χ3v) is 5.90. The number of aromatic nitrogens is 1. The van der Waals surface area contributed by atoms with Crippen LogP contribution in [0.1, 0.15) is 39.0 Å². The minimum atomic E-state index is 0.0240. The van der Waals surface area contributed by atoms with Crippen LogP contribution in [0.25, 0.3) is 10.8 Å². The van der Waals surface area contributed by atoms with Crippen molar-refractivity contribution in [1.29, 1.82) is 0 Å². The van der Waals surface area contributed by atoms with Crippen LogP contribution in [-0.2, 0) is 11.8 Å². The first-order valence-corrected chi connectivity index (χ1v) is 11.8. The number of fused-ring (bicyclic) bond motifs is 1. The first-order chi connectivity index (χ1) is 16.8. The van der Waals surface area contributed by atoms with Gasteiger partial charge in [-0.3, -0.25) is 4.98 Å². The third kappa shape index (κ3) is 5.57. The van der Waals surface area contributed by atoms with Crippen LogP contribution in [0.4, 0.5) is 11.4 Å². The first-order valence-electron chi connectivity index (χ1n) is 11.8. The fourth-order valence-electron chi connectivity index (χ4n) is 3.94. The molecule has 1 heterocycles. The zero-order valence-corrected chi connectivity index (χ0v) is 21.1. The number of methoxy groups -OCH3 is 1. The van der Waals surface area contributed by atoms with E-state index in [1.54, 1.807) is 13.3 Å². The van der Waals surface area contributed by atoms with Gasteiger partial charge < -0.3 is 20.1 Å². The molecule has 4 aromatic rings. The molecule has 4 rings (SSSR count). The van der Waals surface area contributed by atoms with Crippen LogP contribution in [0.5, 0.6) is 17.2 Å². The molecule has 0 radical (unpaired) electrons. The molecule has 0 spiro atoms. The topological polar surface area (TPSA) is 55.4 Å².